The third-order valence-corrected chi connectivity index (χ3v) is 3.15. The van der Waals surface area contributed by atoms with Gasteiger partial charge >= 0.3 is 0 Å². The number of aromatic nitrogens is 1. The fraction of sp³-hybridized carbons (Fsp3) is 0.263. The second kappa shape index (κ2) is 7.09. The maximum Gasteiger partial charge on any atom is 0.255 e. The maximum absolute atomic E-state index is 12.2. The Hall–Kier alpha value is -2.62. The highest BCUT2D eigenvalue weighted by molar-refractivity contribution is 6.04. The van der Waals surface area contributed by atoms with E-state index in [0.29, 0.717) is 17.1 Å². The van der Waals surface area contributed by atoms with Crippen molar-refractivity contribution in [3.63, 3.8) is 0 Å². The highest BCUT2D eigenvalue weighted by Gasteiger charge is 2.07. The number of ether oxygens (including phenoxy) is 1. The first kappa shape index (κ1) is 16.7. The highest BCUT2D eigenvalue weighted by Crippen LogP contribution is 2.18. The monoisotopic (exact) mass is 310 g/mol. The number of hydrogen-bond donors (Lipinski definition) is 1. The predicted molar refractivity (Wildman–Crippen MR) is 93.7 cm³/mol. The van der Waals surface area contributed by atoms with Crippen LogP contribution in [0.5, 0.6) is 5.88 Å². The van der Waals surface area contributed by atoms with Crippen LogP contribution in [0.15, 0.2) is 48.7 Å². The van der Waals surface area contributed by atoms with Gasteiger partial charge in [0.15, 0.2) is 0 Å². The Labute approximate surface area is 137 Å². The number of methoxy groups -OCH3 is 1. The maximum atomic E-state index is 12.2. The molecule has 1 amide bonds. The van der Waals surface area contributed by atoms with E-state index in [9.17, 15) is 4.79 Å². The molecule has 120 valence electrons. The summed E-state index contributed by atoms with van der Waals surface area (Å²) >= 11 is 0. The van der Waals surface area contributed by atoms with Crippen molar-refractivity contribution in [3.8, 4) is 5.88 Å². The average molecular weight is 310 g/mol. The van der Waals surface area contributed by atoms with Gasteiger partial charge in [-0.25, -0.2) is 4.98 Å². The smallest absolute Gasteiger partial charge is 0.255 e. The number of anilines is 1. The normalized spacial score (nSPS) is 11.5. The van der Waals surface area contributed by atoms with Crippen molar-refractivity contribution < 1.29 is 9.53 Å². The summed E-state index contributed by atoms with van der Waals surface area (Å²) in [6, 6.07) is 11.0. The quantitative estimate of drug-likeness (QED) is 0.910. The summed E-state index contributed by atoms with van der Waals surface area (Å²) in [6.07, 6.45) is 5.78. The molecule has 1 aromatic carbocycles. The lowest BCUT2D eigenvalue weighted by atomic mass is 9.95. The van der Waals surface area contributed by atoms with E-state index in [4.69, 9.17) is 4.74 Å². The Balaban J connectivity index is 2.03. The lowest BCUT2D eigenvalue weighted by Gasteiger charge is -2.11. The van der Waals surface area contributed by atoms with Crippen LogP contribution in [0.1, 0.15) is 36.7 Å². The number of pyridine rings is 1. The van der Waals surface area contributed by atoms with Crippen LogP contribution in [0, 0.1) is 5.41 Å². The molecule has 0 saturated heterocycles. The van der Waals surface area contributed by atoms with E-state index in [-0.39, 0.29) is 11.3 Å². The van der Waals surface area contributed by atoms with Crippen molar-refractivity contribution in [1.82, 2.24) is 4.98 Å². The van der Waals surface area contributed by atoms with E-state index in [2.05, 4.69) is 43.2 Å². The zero-order chi connectivity index (χ0) is 16.9. The number of amides is 1. The molecule has 4 heteroatoms. The van der Waals surface area contributed by atoms with Crippen LogP contribution in [0.3, 0.4) is 0 Å². The predicted octanol–water partition coefficient (Wildman–Crippen LogP) is 4.40. The SMILES string of the molecule is COc1ccc(NC(=O)c2ccc(/C=C/C(C)(C)C)cc2)cn1. The minimum absolute atomic E-state index is 0.136. The zero-order valence-electron chi connectivity index (χ0n) is 14.0. The lowest BCUT2D eigenvalue weighted by Crippen LogP contribution is -2.11. The number of allylic oxidation sites excluding steroid dienone is 1. The summed E-state index contributed by atoms with van der Waals surface area (Å²) in [5.41, 5.74) is 2.45. The van der Waals surface area contributed by atoms with E-state index in [1.54, 1.807) is 25.4 Å². The minimum Gasteiger partial charge on any atom is -0.481 e. The molecule has 0 saturated carbocycles. The number of hydrogen-bond acceptors (Lipinski definition) is 3. The van der Waals surface area contributed by atoms with Gasteiger partial charge in [0.05, 0.1) is 19.0 Å². The van der Waals surface area contributed by atoms with Gasteiger partial charge in [0.1, 0.15) is 0 Å². The van der Waals surface area contributed by atoms with Crippen LogP contribution in [0.25, 0.3) is 6.08 Å². The molecule has 0 fully saturated rings. The van der Waals surface area contributed by atoms with E-state index >= 15 is 0 Å². The van der Waals surface area contributed by atoms with Crippen LogP contribution in [0.2, 0.25) is 0 Å². The summed E-state index contributed by atoms with van der Waals surface area (Å²) in [7, 11) is 1.55. The summed E-state index contributed by atoms with van der Waals surface area (Å²) in [6.45, 7) is 6.44. The lowest BCUT2D eigenvalue weighted by molar-refractivity contribution is 0.102. The fourth-order valence-corrected chi connectivity index (χ4v) is 1.87. The molecule has 23 heavy (non-hydrogen) atoms. The van der Waals surface area contributed by atoms with Gasteiger partial charge < -0.3 is 10.1 Å². The van der Waals surface area contributed by atoms with E-state index in [1.807, 2.05) is 24.3 Å². The van der Waals surface area contributed by atoms with Crippen LogP contribution in [-0.4, -0.2) is 18.0 Å². The topological polar surface area (TPSA) is 51.2 Å². The Morgan fingerprint density at radius 3 is 2.35 bits per heavy atom. The Morgan fingerprint density at radius 1 is 1.13 bits per heavy atom. The molecule has 2 aromatic rings. The molecule has 0 aliphatic heterocycles. The van der Waals surface area contributed by atoms with Crippen LogP contribution >= 0.6 is 0 Å². The van der Waals surface area contributed by atoms with E-state index in [1.165, 1.54) is 0 Å². The third-order valence-electron chi connectivity index (χ3n) is 3.15. The largest absolute Gasteiger partial charge is 0.481 e. The van der Waals surface area contributed by atoms with Gasteiger partial charge in [-0.05, 0) is 29.2 Å². The molecule has 0 aliphatic carbocycles. The van der Waals surface area contributed by atoms with E-state index < -0.39 is 0 Å². The molecule has 0 atom stereocenters. The molecule has 0 bridgehead atoms. The molecule has 1 heterocycles. The van der Waals surface area contributed by atoms with Gasteiger partial charge in [-0.2, -0.15) is 0 Å². The number of benzene rings is 1. The van der Waals surface area contributed by atoms with Gasteiger partial charge in [-0.3, -0.25) is 4.79 Å². The molecule has 1 aromatic heterocycles. The van der Waals surface area contributed by atoms with Crippen molar-refractivity contribution in [2.45, 2.75) is 20.8 Å². The molecule has 0 aliphatic rings. The standard InChI is InChI=1S/C19H22N2O2/c1-19(2,3)12-11-14-5-7-15(8-6-14)18(22)21-16-9-10-17(23-4)20-13-16/h5-13H,1-4H3,(H,21,22)/b12-11+. The molecular formula is C19H22N2O2. The van der Waals surface area contributed by atoms with Crippen molar-refractivity contribution in [1.29, 1.82) is 0 Å². The summed E-state index contributed by atoms with van der Waals surface area (Å²) in [5.74, 6) is 0.348. The van der Waals surface area contributed by atoms with Crippen molar-refractivity contribution in [2.24, 2.45) is 5.41 Å². The van der Waals surface area contributed by atoms with Crippen LogP contribution < -0.4 is 10.1 Å². The van der Waals surface area contributed by atoms with E-state index in [0.717, 1.165) is 5.56 Å². The van der Waals surface area contributed by atoms with Gasteiger partial charge in [-0.15, -0.1) is 0 Å². The molecular weight excluding hydrogens is 288 g/mol. The van der Waals surface area contributed by atoms with Crippen molar-refractivity contribution >= 4 is 17.7 Å². The first-order chi connectivity index (χ1) is 10.9. The minimum atomic E-state index is -0.164. The zero-order valence-corrected chi connectivity index (χ0v) is 14.0. The average Bonchev–Trinajstić information content (AvgIpc) is 2.53. The molecule has 4 nitrogen and oxygen atoms in total. The highest BCUT2D eigenvalue weighted by atomic mass is 16.5. The first-order valence-corrected chi connectivity index (χ1v) is 7.48. The first-order valence-electron chi connectivity index (χ1n) is 7.48. The number of nitrogens with one attached hydrogen (secondary N) is 1. The van der Waals surface area contributed by atoms with Gasteiger partial charge in [-0.1, -0.05) is 45.1 Å². The molecule has 2 rings (SSSR count). The molecule has 0 radical (unpaired) electrons. The fourth-order valence-electron chi connectivity index (χ4n) is 1.87. The number of carbonyl (C=O) groups is 1. The number of nitrogens with zero attached hydrogens (tertiary/aromatic N) is 1. The number of carbonyl (C=O) groups excluding carboxylic acids is 1. The molecule has 0 spiro atoms. The van der Waals surface area contributed by atoms with Crippen molar-refractivity contribution in [3.05, 3.63) is 59.8 Å². The summed E-state index contributed by atoms with van der Waals surface area (Å²) in [5, 5.41) is 2.81. The second-order valence-corrected chi connectivity index (χ2v) is 6.36. The Bertz CT molecular complexity index is 681. The molecule has 1 N–H and O–H groups in total. The van der Waals surface area contributed by atoms with Crippen molar-refractivity contribution in [2.75, 3.05) is 12.4 Å². The third kappa shape index (κ3) is 5.25. The Kier molecular flexibility index (Phi) is 5.16. The molecule has 0 unspecified atom stereocenters. The number of rotatable bonds is 4. The second-order valence-electron chi connectivity index (χ2n) is 6.36. The van der Waals surface area contributed by atoms with Crippen LogP contribution in [-0.2, 0) is 0 Å². The van der Waals surface area contributed by atoms with Gasteiger partial charge in [0.2, 0.25) is 5.88 Å². The summed E-state index contributed by atoms with van der Waals surface area (Å²) in [4.78, 5) is 16.3. The Morgan fingerprint density at radius 2 is 1.83 bits per heavy atom. The van der Waals surface area contributed by atoms with Gasteiger partial charge in [0.25, 0.3) is 5.91 Å². The van der Waals surface area contributed by atoms with Crippen LogP contribution in [0.4, 0.5) is 5.69 Å². The van der Waals surface area contributed by atoms with Gasteiger partial charge in [0, 0.05) is 11.6 Å². The summed E-state index contributed by atoms with van der Waals surface area (Å²) < 4.78 is 4.99.